The second-order valence-corrected chi connectivity index (χ2v) is 6.69. The Balaban J connectivity index is 1.48. The first-order valence-corrected chi connectivity index (χ1v) is 9.21. The number of carbonyl (C=O) groups is 1. The summed E-state index contributed by atoms with van der Waals surface area (Å²) < 4.78 is 3.06. The molecule has 8 nitrogen and oxygen atoms in total. The van der Waals surface area contributed by atoms with E-state index in [1.54, 1.807) is 25.1 Å². The van der Waals surface area contributed by atoms with Crippen LogP contribution < -0.4 is 16.6 Å². The van der Waals surface area contributed by atoms with Crippen LogP contribution in [0.2, 0.25) is 0 Å². The minimum absolute atomic E-state index is 0.104. The minimum Gasteiger partial charge on any atom is -0.354 e. The zero-order valence-corrected chi connectivity index (χ0v) is 16.0. The van der Waals surface area contributed by atoms with Gasteiger partial charge in [0.1, 0.15) is 0 Å². The van der Waals surface area contributed by atoms with Crippen molar-refractivity contribution in [2.24, 2.45) is 0 Å². The van der Waals surface area contributed by atoms with E-state index in [2.05, 4.69) is 15.3 Å². The van der Waals surface area contributed by atoms with Crippen LogP contribution in [0.15, 0.2) is 46.2 Å². The van der Waals surface area contributed by atoms with Crippen molar-refractivity contribution in [2.75, 3.05) is 6.54 Å². The van der Waals surface area contributed by atoms with Gasteiger partial charge in [-0.15, -0.1) is 0 Å². The number of rotatable bonds is 7. The summed E-state index contributed by atoms with van der Waals surface area (Å²) in [5.41, 5.74) is 1.75. The van der Waals surface area contributed by atoms with Gasteiger partial charge in [0.05, 0.1) is 17.2 Å². The zero-order chi connectivity index (χ0) is 20.1. The lowest BCUT2D eigenvalue weighted by molar-refractivity contribution is -0.121. The van der Waals surface area contributed by atoms with Crippen molar-refractivity contribution in [2.45, 2.75) is 39.8 Å². The molecule has 1 aromatic carbocycles. The first kappa shape index (κ1) is 19.5. The van der Waals surface area contributed by atoms with Crippen molar-refractivity contribution in [1.29, 1.82) is 0 Å². The molecule has 0 spiro atoms. The summed E-state index contributed by atoms with van der Waals surface area (Å²) in [5, 5.41) is 3.37. The Morgan fingerprint density at radius 1 is 1.14 bits per heavy atom. The Hall–Kier alpha value is -3.29. The zero-order valence-electron chi connectivity index (χ0n) is 16.0. The van der Waals surface area contributed by atoms with Crippen LogP contribution in [0.5, 0.6) is 0 Å². The van der Waals surface area contributed by atoms with Gasteiger partial charge in [0, 0.05) is 37.4 Å². The van der Waals surface area contributed by atoms with Gasteiger partial charge in [-0.1, -0.05) is 12.1 Å². The average molecular weight is 381 g/mol. The number of fused-ring (bicyclic) bond motifs is 1. The number of carbonyl (C=O) groups excluding carboxylic acids is 1. The fourth-order valence-electron chi connectivity index (χ4n) is 3.12. The van der Waals surface area contributed by atoms with Gasteiger partial charge >= 0.3 is 5.69 Å². The number of hydrogen-bond acceptors (Lipinski definition) is 5. The predicted molar refractivity (Wildman–Crippen MR) is 106 cm³/mol. The molecule has 1 N–H and O–H groups in total. The van der Waals surface area contributed by atoms with E-state index < -0.39 is 0 Å². The van der Waals surface area contributed by atoms with Crippen molar-refractivity contribution in [3.63, 3.8) is 0 Å². The molecule has 3 rings (SSSR count). The largest absolute Gasteiger partial charge is 0.354 e. The Morgan fingerprint density at radius 3 is 2.71 bits per heavy atom. The second-order valence-electron chi connectivity index (χ2n) is 6.69. The van der Waals surface area contributed by atoms with Gasteiger partial charge in [-0.3, -0.25) is 18.7 Å². The number of para-hydroxylation sites is 1. The number of nitrogens with one attached hydrogen (secondary N) is 1. The van der Waals surface area contributed by atoms with Crippen LogP contribution in [0, 0.1) is 13.8 Å². The van der Waals surface area contributed by atoms with Crippen LogP contribution in [0.4, 0.5) is 0 Å². The van der Waals surface area contributed by atoms with Gasteiger partial charge in [-0.05, 0) is 38.5 Å². The highest BCUT2D eigenvalue weighted by atomic mass is 16.2. The molecule has 28 heavy (non-hydrogen) atoms. The average Bonchev–Trinajstić information content (AvgIpc) is 2.66. The van der Waals surface area contributed by atoms with E-state index >= 15 is 0 Å². The maximum atomic E-state index is 12.4. The van der Waals surface area contributed by atoms with Crippen LogP contribution in [0.25, 0.3) is 10.9 Å². The summed E-state index contributed by atoms with van der Waals surface area (Å²) in [4.78, 5) is 44.5. The number of hydrogen-bond donors (Lipinski definition) is 1. The summed E-state index contributed by atoms with van der Waals surface area (Å²) in [6, 6.07) is 9.02. The number of benzene rings is 1. The monoisotopic (exact) mass is 381 g/mol. The molecule has 0 radical (unpaired) electrons. The SMILES string of the molecule is Cc1cc(C)n(CCNC(=O)CCCn2cnc3ccccc3c2=O)c(=O)n1. The first-order chi connectivity index (χ1) is 13.5. The van der Waals surface area contributed by atoms with Crippen LogP contribution in [-0.4, -0.2) is 31.6 Å². The lowest BCUT2D eigenvalue weighted by Crippen LogP contribution is -2.33. The van der Waals surface area contributed by atoms with E-state index in [9.17, 15) is 14.4 Å². The normalized spacial score (nSPS) is 10.9. The van der Waals surface area contributed by atoms with Crippen molar-refractivity contribution in [3.05, 3.63) is 68.9 Å². The quantitative estimate of drug-likeness (QED) is 0.662. The minimum atomic E-state index is -0.310. The van der Waals surface area contributed by atoms with Crippen LogP contribution in [-0.2, 0) is 17.9 Å². The molecule has 0 atom stereocenters. The standard InChI is InChI=1S/C20H23N5O3/c1-14-12-15(2)25(20(28)23-14)11-9-21-18(26)8-5-10-24-13-22-17-7-4-3-6-16(17)19(24)27/h3-4,6-7,12-13H,5,8-11H2,1-2H3,(H,21,26). The number of aromatic nitrogens is 4. The fraction of sp³-hybridized carbons (Fsp3) is 0.350. The van der Waals surface area contributed by atoms with E-state index in [0.717, 1.165) is 5.69 Å². The third-order valence-corrected chi connectivity index (χ3v) is 4.54. The third kappa shape index (κ3) is 4.51. The third-order valence-electron chi connectivity index (χ3n) is 4.54. The van der Waals surface area contributed by atoms with Crippen molar-refractivity contribution in [1.82, 2.24) is 24.4 Å². The van der Waals surface area contributed by atoms with E-state index in [0.29, 0.717) is 49.1 Å². The fourth-order valence-corrected chi connectivity index (χ4v) is 3.12. The summed E-state index contributed by atoms with van der Waals surface area (Å²) in [6.07, 6.45) is 2.33. The highest BCUT2D eigenvalue weighted by Gasteiger charge is 2.07. The second kappa shape index (κ2) is 8.60. The van der Waals surface area contributed by atoms with Gasteiger partial charge in [-0.25, -0.2) is 9.78 Å². The van der Waals surface area contributed by atoms with E-state index in [-0.39, 0.29) is 17.2 Å². The van der Waals surface area contributed by atoms with Gasteiger partial charge in [0.15, 0.2) is 0 Å². The molecule has 0 unspecified atom stereocenters. The Bertz CT molecular complexity index is 1120. The Kier molecular flexibility index (Phi) is 5.98. The number of nitrogens with zero attached hydrogens (tertiary/aromatic N) is 4. The lowest BCUT2D eigenvalue weighted by Gasteiger charge is -2.11. The van der Waals surface area contributed by atoms with Crippen LogP contribution in [0.1, 0.15) is 24.2 Å². The summed E-state index contributed by atoms with van der Waals surface area (Å²) in [7, 11) is 0. The highest BCUT2D eigenvalue weighted by Crippen LogP contribution is 2.05. The van der Waals surface area contributed by atoms with Crippen molar-refractivity contribution < 1.29 is 4.79 Å². The topological polar surface area (TPSA) is 98.9 Å². The Morgan fingerprint density at radius 2 is 1.93 bits per heavy atom. The molecule has 146 valence electrons. The van der Waals surface area contributed by atoms with Gasteiger partial charge in [-0.2, -0.15) is 4.98 Å². The maximum Gasteiger partial charge on any atom is 0.348 e. The summed E-state index contributed by atoms with van der Waals surface area (Å²) in [5.74, 6) is -0.118. The van der Waals surface area contributed by atoms with Gasteiger partial charge in [0.25, 0.3) is 5.56 Å². The maximum absolute atomic E-state index is 12.4. The molecule has 0 aliphatic carbocycles. The molecule has 0 fully saturated rings. The number of aryl methyl sites for hydroxylation is 3. The molecular formula is C20H23N5O3. The van der Waals surface area contributed by atoms with E-state index in [1.165, 1.54) is 15.5 Å². The Labute approximate surface area is 161 Å². The lowest BCUT2D eigenvalue weighted by atomic mass is 10.2. The molecule has 2 aromatic heterocycles. The predicted octanol–water partition coefficient (Wildman–Crippen LogP) is 1.17. The summed E-state index contributed by atoms with van der Waals surface area (Å²) >= 11 is 0. The number of amides is 1. The van der Waals surface area contributed by atoms with E-state index in [4.69, 9.17) is 0 Å². The molecule has 3 aromatic rings. The molecule has 0 saturated carbocycles. The van der Waals surface area contributed by atoms with Crippen LogP contribution in [0.3, 0.4) is 0 Å². The van der Waals surface area contributed by atoms with Crippen LogP contribution >= 0.6 is 0 Å². The smallest absolute Gasteiger partial charge is 0.348 e. The van der Waals surface area contributed by atoms with E-state index in [1.807, 2.05) is 19.1 Å². The van der Waals surface area contributed by atoms with Crippen molar-refractivity contribution >= 4 is 16.8 Å². The van der Waals surface area contributed by atoms with Gasteiger partial charge < -0.3 is 5.32 Å². The molecule has 0 bridgehead atoms. The molecule has 8 heteroatoms. The van der Waals surface area contributed by atoms with Crippen molar-refractivity contribution in [3.8, 4) is 0 Å². The molecule has 2 heterocycles. The molecule has 1 amide bonds. The molecule has 0 saturated heterocycles. The highest BCUT2D eigenvalue weighted by molar-refractivity contribution is 5.77. The molecule has 0 aliphatic heterocycles. The summed E-state index contributed by atoms with van der Waals surface area (Å²) in [6.45, 7) is 4.76. The van der Waals surface area contributed by atoms with Gasteiger partial charge in [0.2, 0.25) is 5.91 Å². The molecule has 0 aliphatic rings. The first-order valence-electron chi connectivity index (χ1n) is 9.21. The molecular weight excluding hydrogens is 358 g/mol.